The van der Waals surface area contributed by atoms with E-state index in [1.54, 1.807) is 36.5 Å². The van der Waals surface area contributed by atoms with Crippen molar-refractivity contribution in [1.29, 1.82) is 0 Å². The second-order valence-electron chi connectivity index (χ2n) is 7.38. The molecule has 0 atom stereocenters. The molecule has 6 heteroatoms. The van der Waals surface area contributed by atoms with Gasteiger partial charge in [-0.05, 0) is 68.4 Å². The minimum absolute atomic E-state index is 0.169. The van der Waals surface area contributed by atoms with Gasteiger partial charge < -0.3 is 10.2 Å². The van der Waals surface area contributed by atoms with Crippen molar-refractivity contribution in [3.63, 3.8) is 0 Å². The molecule has 3 rings (SSSR count). The number of hydrogen-bond acceptors (Lipinski definition) is 4. The molecule has 0 fully saturated rings. The van der Waals surface area contributed by atoms with Gasteiger partial charge >= 0.3 is 0 Å². The minimum Gasteiger partial charge on any atom is -0.352 e. The van der Waals surface area contributed by atoms with E-state index in [-0.39, 0.29) is 17.5 Å². The predicted molar refractivity (Wildman–Crippen MR) is 113 cm³/mol. The SMILES string of the molecule is CN(CCc1ccncc1)C(=O)c1cc(C(=O)NCCC2=CCCCC2)ccn1. The Labute approximate surface area is 172 Å². The lowest BCUT2D eigenvalue weighted by Crippen LogP contribution is -2.30. The smallest absolute Gasteiger partial charge is 0.272 e. The number of hydrogen-bond donors (Lipinski definition) is 1. The van der Waals surface area contributed by atoms with E-state index in [1.807, 2.05) is 12.1 Å². The van der Waals surface area contributed by atoms with Gasteiger partial charge in [0.25, 0.3) is 11.8 Å². The molecule has 0 aromatic carbocycles. The van der Waals surface area contributed by atoms with Crippen molar-refractivity contribution in [1.82, 2.24) is 20.2 Å². The molecule has 2 heterocycles. The van der Waals surface area contributed by atoms with Gasteiger partial charge in [-0.1, -0.05) is 11.6 Å². The molecule has 1 aliphatic carbocycles. The van der Waals surface area contributed by atoms with Crippen LogP contribution in [0.25, 0.3) is 0 Å². The molecular weight excluding hydrogens is 364 g/mol. The van der Waals surface area contributed by atoms with Gasteiger partial charge in [0.1, 0.15) is 5.69 Å². The predicted octanol–water partition coefficient (Wildman–Crippen LogP) is 3.41. The second-order valence-corrected chi connectivity index (χ2v) is 7.38. The molecular formula is C23H28N4O2. The van der Waals surface area contributed by atoms with Gasteiger partial charge in [0.05, 0.1) is 0 Å². The zero-order valence-corrected chi connectivity index (χ0v) is 16.9. The number of carbonyl (C=O) groups excluding carboxylic acids is 2. The first-order chi connectivity index (χ1) is 14.1. The lowest BCUT2D eigenvalue weighted by Gasteiger charge is -2.17. The molecule has 6 nitrogen and oxygen atoms in total. The zero-order chi connectivity index (χ0) is 20.5. The van der Waals surface area contributed by atoms with E-state index in [4.69, 9.17) is 0 Å². The molecule has 0 spiro atoms. The van der Waals surface area contributed by atoms with E-state index in [9.17, 15) is 9.59 Å². The molecule has 0 unspecified atom stereocenters. The molecule has 2 amide bonds. The number of nitrogens with one attached hydrogen (secondary N) is 1. The van der Waals surface area contributed by atoms with E-state index in [2.05, 4.69) is 21.4 Å². The van der Waals surface area contributed by atoms with E-state index in [0.717, 1.165) is 31.2 Å². The average molecular weight is 393 g/mol. The van der Waals surface area contributed by atoms with Crippen LogP contribution >= 0.6 is 0 Å². The number of aromatic nitrogens is 2. The summed E-state index contributed by atoms with van der Waals surface area (Å²) in [5.41, 5.74) is 3.29. The third-order valence-corrected chi connectivity index (χ3v) is 5.19. The fourth-order valence-corrected chi connectivity index (χ4v) is 3.40. The average Bonchev–Trinajstić information content (AvgIpc) is 2.78. The first-order valence-electron chi connectivity index (χ1n) is 10.2. The fraction of sp³-hybridized carbons (Fsp3) is 0.391. The van der Waals surface area contributed by atoms with Gasteiger partial charge in [0.15, 0.2) is 0 Å². The highest BCUT2D eigenvalue weighted by molar-refractivity contribution is 5.98. The summed E-state index contributed by atoms with van der Waals surface area (Å²) in [5, 5.41) is 2.95. The Morgan fingerprint density at radius 2 is 1.93 bits per heavy atom. The van der Waals surface area contributed by atoms with Gasteiger partial charge in [0, 0.05) is 44.3 Å². The molecule has 2 aromatic rings. The van der Waals surface area contributed by atoms with Crippen molar-refractivity contribution in [2.45, 2.75) is 38.5 Å². The largest absolute Gasteiger partial charge is 0.352 e. The van der Waals surface area contributed by atoms with Crippen LogP contribution in [0.4, 0.5) is 0 Å². The molecule has 0 aliphatic heterocycles. The van der Waals surface area contributed by atoms with Gasteiger partial charge in [-0.2, -0.15) is 0 Å². The van der Waals surface area contributed by atoms with Gasteiger partial charge in [-0.15, -0.1) is 0 Å². The van der Waals surface area contributed by atoms with E-state index in [1.165, 1.54) is 24.6 Å². The van der Waals surface area contributed by atoms with Crippen molar-refractivity contribution in [2.24, 2.45) is 0 Å². The standard InChI is InChI=1S/C23H28N4O2/c1-27(16-11-19-7-12-24-13-8-19)23(29)21-17-20(10-15-25-21)22(28)26-14-9-18-5-3-2-4-6-18/h5,7-8,10,12-13,15,17H,2-4,6,9,11,14,16H2,1H3,(H,26,28). The maximum absolute atomic E-state index is 12.7. The van der Waals surface area contributed by atoms with Crippen LogP contribution in [-0.4, -0.2) is 46.8 Å². The molecule has 1 aliphatic rings. The van der Waals surface area contributed by atoms with Crippen molar-refractivity contribution >= 4 is 11.8 Å². The molecule has 29 heavy (non-hydrogen) atoms. The van der Waals surface area contributed by atoms with Gasteiger partial charge in [-0.3, -0.25) is 19.6 Å². The summed E-state index contributed by atoms with van der Waals surface area (Å²) < 4.78 is 0. The summed E-state index contributed by atoms with van der Waals surface area (Å²) in [6, 6.07) is 7.08. The Bertz CT molecular complexity index is 864. The molecule has 0 saturated carbocycles. The second kappa shape index (κ2) is 10.5. The lowest BCUT2D eigenvalue weighted by atomic mass is 9.97. The number of allylic oxidation sites excluding steroid dienone is 1. The third-order valence-electron chi connectivity index (χ3n) is 5.19. The van der Waals surface area contributed by atoms with Crippen molar-refractivity contribution < 1.29 is 9.59 Å². The summed E-state index contributed by atoms with van der Waals surface area (Å²) in [7, 11) is 1.75. The van der Waals surface area contributed by atoms with Gasteiger partial charge in [-0.25, -0.2) is 0 Å². The van der Waals surface area contributed by atoms with Crippen LogP contribution in [0.5, 0.6) is 0 Å². The van der Waals surface area contributed by atoms with Crippen LogP contribution in [0.2, 0.25) is 0 Å². The maximum Gasteiger partial charge on any atom is 0.272 e. The first-order valence-corrected chi connectivity index (χ1v) is 10.2. The highest BCUT2D eigenvalue weighted by atomic mass is 16.2. The van der Waals surface area contributed by atoms with E-state index < -0.39 is 0 Å². The van der Waals surface area contributed by atoms with Crippen molar-refractivity contribution in [2.75, 3.05) is 20.1 Å². The Morgan fingerprint density at radius 1 is 1.10 bits per heavy atom. The number of rotatable bonds is 8. The van der Waals surface area contributed by atoms with E-state index in [0.29, 0.717) is 18.7 Å². The molecule has 152 valence electrons. The molecule has 0 bridgehead atoms. The first kappa shape index (κ1) is 20.7. The van der Waals surface area contributed by atoms with Crippen LogP contribution in [-0.2, 0) is 6.42 Å². The summed E-state index contributed by atoms with van der Waals surface area (Å²) >= 11 is 0. The highest BCUT2D eigenvalue weighted by Crippen LogP contribution is 2.19. The Morgan fingerprint density at radius 3 is 2.69 bits per heavy atom. The van der Waals surface area contributed by atoms with Crippen LogP contribution in [0.15, 0.2) is 54.5 Å². The lowest BCUT2D eigenvalue weighted by molar-refractivity contribution is 0.0791. The third kappa shape index (κ3) is 6.24. The number of pyridine rings is 2. The summed E-state index contributed by atoms with van der Waals surface area (Å²) in [4.78, 5) is 34.9. The number of amides is 2. The van der Waals surface area contributed by atoms with Crippen LogP contribution in [0, 0.1) is 0 Å². The zero-order valence-electron chi connectivity index (χ0n) is 16.9. The van der Waals surface area contributed by atoms with Crippen molar-refractivity contribution in [3.05, 3.63) is 71.3 Å². The summed E-state index contributed by atoms with van der Waals surface area (Å²) in [6.45, 7) is 1.18. The summed E-state index contributed by atoms with van der Waals surface area (Å²) in [5.74, 6) is -0.363. The topological polar surface area (TPSA) is 75.2 Å². The quantitative estimate of drug-likeness (QED) is 0.699. The van der Waals surface area contributed by atoms with Crippen LogP contribution < -0.4 is 5.32 Å². The Hall–Kier alpha value is -3.02. The van der Waals surface area contributed by atoms with Crippen LogP contribution in [0.1, 0.15) is 58.5 Å². The fourth-order valence-electron chi connectivity index (χ4n) is 3.40. The van der Waals surface area contributed by atoms with Crippen LogP contribution in [0.3, 0.4) is 0 Å². The molecule has 2 aromatic heterocycles. The number of carbonyl (C=O) groups is 2. The normalized spacial score (nSPS) is 13.5. The Kier molecular flexibility index (Phi) is 7.50. The van der Waals surface area contributed by atoms with E-state index >= 15 is 0 Å². The maximum atomic E-state index is 12.7. The summed E-state index contributed by atoms with van der Waals surface area (Å²) in [6.07, 6.45) is 13.7. The minimum atomic E-state index is -0.193. The van der Waals surface area contributed by atoms with Crippen molar-refractivity contribution in [3.8, 4) is 0 Å². The highest BCUT2D eigenvalue weighted by Gasteiger charge is 2.16. The molecule has 0 radical (unpaired) electrons. The number of likely N-dealkylation sites (N-methyl/N-ethyl adjacent to an activating group) is 1. The molecule has 1 N–H and O–H groups in total. The molecule has 0 saturated heterocycles. The monoisotopic (exact) mass is 392 g/mol. The van der Waals surface area contributed by atoms with Gasteiger partial charge in [0.2, 0.25) is 0 Å². The Balaban J connectivity index is 1.52. The number of nitrogens with zero attached hydrogens (tertiary/aromatic N) is 3.